The summed E-state index contributed by atoms with van der Waals surface area (Å²) >= 11 is 13.7. The van der Waals surface area contributed by atoms with E-state index in [4.69, 9.17) is 23.2 Å². The molecule has 0 unspecified atom stereocenters. The summed E-state index contributed by atoms with van der Waals surface area (Å²) in [5, 5.41) is 3.36. The third-order valence-electron chi connectivity index (χ3n) is 2.52. The Balaban J connectivity index is 1.63. The number of hydrogen-bond acceptors (Lipinski definition) is 3. The van der Waals surface area contributed by atoms with E-state index < -0.39 is 0 Å². The fourth-order valence-electron chi connectivity index (χ4n) is 1.51. The largest absolute Gasteiger partial charge is 0.122 e. The van der Waals surface area contributed by atoms with Gasteiger partial charge in [0.1, 0.15) is 0 Å². The van der Waals surface area contributed by atoms with Crippen LogP contribution < -0.4 is 0 Å². The molecule has 0 aliphatic rings. The standard InChI is InChI=1S/C16H14Cl2S3/c17-15-8-7-13(11-16(15)18)12-21-20-10-4-9-19-14-5-2-1-3-6-14/h1-8,10-11H,9,12H2/b10-4+. The second kappa shape index (κ2) is 9.75. The Morgan fingerprint density at radius 3 is 2.52 bits per heavy atom. The molecule has 0 bridgehead atoms. The van der Waals surface area contributed by atoms with Crippen molar-refractivity contribution in [1.29, 1.82) is 0 Å². The zero-order valence-corrected chi connectivity index (χ0v) is 15.1. The zero-order chi connectivity index (χ0) is 14.9. The monoisotopic (exact) mass is 372 g/mol. The van der Waals surface area contributed by atoms with Crippen LogP contribution in [0.1, 0.15) is 5.56 Å². The van der Waals surface area contributed by atoms with Gasteiger partial charge < -0.3 is 0 Å². The molecule has 2 aromatic carbocycles. The summed E-state index contributed by atoms with van der Waals surface area (Å²) in [5.74, 6) is 1.90. The molecule has 0 N–H and O–H groups in total. The summed E-state index contributed by atoms with van der Waals surface area (Å²) in [6.07, 6.45) is 2.18. The van der Waals surface area contributed by atoms with Crippen LogP contribution in [-0.4, -0.2) is 5.75 Å². The average molecular weight is 373 g/mol. The molecule has 0 aliphatic carbocycles. The van der Waals surface area contributed by atoms with Gasteiger partial charge in [-0.3, -0.25) is 0 Å². The molecule has 2 rings (SSSR count). The zero-order valence-electron chi connectivity index (χ0n) is 11.2. The predicted octanol–water partition coefficient (Wildman–Crippen LogP) is 7.18. The molecule has 2 aromatic rings. The molecular formula is C16H14Cl2S3. The first-order valence-corrected chi connectivity index (χ1v) is 10.4. The van der Waals surface area contributed by atoms with E-state index in [1.807, 2.05) is 36.0 Å². The molecule has 0 amide bonds. The minimum atomic E-state index is 0.607. The van der Waals surface area contributed by atoms with Crippen molar-refractivity contribution in [3.63, 3.8) is 0 Å². The molecule has 0 aromatic heterocycles. The maximum Gasteiger partial charge on any atom is 0.0595 e. The van der Waals surface area contributed by atoms with Crippen LogP contribution >= 0.6 is 56.6 Å². The van der Waals surface area contributed by atoms with Crippen molar-refractivity contribution in [3.8, 4) is 0 Å². The van der Waals surface area contributed by atoms with Gasteiger partial charge in [0, 0.05) is 16.4 Å². The van der Waals surface area contributed by atoms with Gasteiger partial charge in [0.15, 0.2) is 0 Å². The van der Waals surface area contributed by atoms with Crippen molar-refractivity contribution in [2.75, 3.05) is 5.75 Å². The van der Waals surface area contributed by atoms with Gasteiger partial charge in [-0.05, 0) is 35.2 Å². The quantitative estimate of drug-likeness (QED) is 0.287. The number of thioether (sulfide) groups is 1. The molecule has 5 heteroatoms. The highest BCUT2D eigenvalue weighted by Gasteiger charge is 1.99. The molecule has 0 atom stereocenters. The van der Waals surface area contributed by atoms with E-state index in [0.29, 0.717) is 10.0 Å². The number of benzene rings is 2. The summed E-state index contributed by atoms with van der Waals surface area (Å²) in [4.78, 5) is 1.30. The van der Waals surface area contributed by atoms with Crippen molar-refractivity contribution in [3.05, 3.63) is 75.6 Å². The Labute approximate surface area is 148 Å². The van der Waals surface area contributed by atoms with Crippen LogP contribution in [0.3, 0.4) is 0 Å². The molecule has 0 nitrogen and oxygen atoms in total. The first kappa shape index (κ1) is 17.2. The Kier molecular flexibility index (Phi) is 7.97. The van der Waals surface area contributed by atoms with E-state index in [2.05, 4.69) is 35.7 Å². The molecule has 0 heterocycles. The summed E-state index contributed by atoms with van der Waals surface area (Å²) in [6, 6.07) is 16.2. The average Bonchev–Trinajstić information content (AvgIpc) is 2.51. The van der Waals surface area contributed by atoms with Crippen LogP contribution in [0.25, 0.3) is 0 Å². The Hall–Kier alpha value is -0.190. The van der Waals surface area contributed by atoms with Crippen LogP contribution in [0.15, 0.2) is 64.9 Å². The van der Waals surface area contributed by atoms with Gasteiger partial charge in [0.25, 0.3) is 0 Å². The lowest BCUT2D eigenvalue weighted by Crippen LogP contribution is -1.78. The van der Waals surface area contributed by atoms with Crippen molar-refractivity contribution < 1.29 is 0 Å². The second-order valence-corrected chi connectivity index (χ2v) is 8.28. The summed E-state index contributed by atoms with van der Waals surface area (Å²) in [5.41, 5.74) is 1.19. The van der Waals surface area contributed by atoms with Gasteiger partial charge in [-0.1, -0.05) is 75.1 Å². The third-order valence-corrected chi connectivity index (χ3v) is 6.21. The normalized spacial score (nSPS) is 11.1. The number of hydrogen-bond donors (Lipinski definition) is 0. The Bertz CT molecular complexity index is 585. The summed E-state index contributed by atoms with van der Waals surface area (Å²) in [6.45, 7) is 0. The molecular weight excluding hydrogens is 359 g/mol. The SMILES string of the molecule is Clc1ccc(CSS/C=C/CSc2ccccc2)cc1Cl. The Morgan fingerprint density at radius 2 is 1.76 bits per heavy atom. The lowest BCUT2D eigenvalue weighted by Gasteiger charge is -2.01. The van der Waals surface area contributed by atoms with E-state index in [-0.39, 0.29) is 0 Å². The maximum absolute atomic E-state index is 5.99. The fraction of sp³-hybridized carbons (Fsp3) is 0.125. The molecule has 0 aliphatic heterocycles. The first-order valence-electron chi connectivity index (χ1n) is 6.31. The van der Waals surface area contributed by atoms with E-state index in [1.54, 1.807) is 21.6 Å². The molecule has 0 saturated carbocycles. The minimum absolute atomic E-state index is 0.607. The van der Waals surface area contributed by atoms with Gasteiger partial charge >= 0.3 is 0 Å². The van der Waals surface area contributed by atoms with Crippen molar-refractivity contribution >= 4 is 56.6 Å². The Morgan fingerprint density at radius 1 is 0.952 bits per heavy atom. The molecule has 0 saturated heterocycles. The smallest absolute Gasteiger partial charge is 0.0595 e. The van der Waals surface area contributed by atoms with Crippen LogP contribution in [0.2, 0.25) is 10.0 Å². The van der Waals surface area contributed by atoms with E-state index in [0.717, 1.165) is 11.5 Å². The van der Waals surface area contributed by atoms with E-state index in [9.17, 15) is 0 Å². The van der Waals surface area contributed by atoms with E-state index >= 15 is 0 Å². The third kappa shape index (κ3) is 6.62. The molecule has 0 fully saturated rings. The second-order valence-electron chi connectivity index (χ2n) is 4.10. The van der Waals surface area contributed by atoms with Crippen molar-refractivity contribution in [1.82, 2.24) is 0 Å². The maximum atomic E-state index is 5.99. The van der Waals surface area contributed by atoms with Crippen LogP contribution in [0, 0.1) is 0 Å². The molecule has 0 radical (unpaired) electrons. The number of halogens is 2. The highest BCUT2D eigenvalue weighted by molar-refractivity contribution is 8.77. The van der Waals surface area contributed by atoms with Crippen molar-refractivity contribution in [2.45, 2.75) is 10.6 Å². The van der Waals surface area contributed by atoms with Gasteiger partial charge in [0.05, 0.1) is 10.0 Å². The van der Waals surface area contributed by atoms with Gasteiger partial charge in [-0.15, -0.1) is 11.8 Å². The summed E-state index contributed by atoms with van der Waals surface area (Å²) < 4.78 is 0. The molecule has 0 spiro atoms. The van der Waals surface area contributed by atoms with Gasteiger partial charge in [-0.2, -0.15) is 0 Å². The van der Waals surface area contributed by atoms with Crippen LogP contribution in [-0.2, 0) is 5.75 Å². The predicted molar refractivity (Wildman–Crippen MR) is 102 cm³/mol. The highest BCUT2D eigenvalue weighted by atomic mass is 35.5. The molecule has 21 heavy (non-hydrogen) atoms. The number of rotatable bonds is 7. The van der Waals surface area contributed by atoms with Crippen molar-refractivity contribution in [2.24, 2.45) is 0 Å². The van der Waals surface area contributed by atoms with Gasteiger partial charge in [-0.25, -0.2) is 0 Å². The minimum Gasteiger partial charge on any atom is -0.122 e. The fourth-order valence-corrected chi connectivity index (χ4v) is 4.41. The molecule has 110 valence electrons. The van der Waals surface area contributed by atoms with Crippen LogP contribution in [0.4, 0.5) is 0 Å². The lowest BCUT2D eigenvalue weighted by atomic mass is 10.2. The summed E-state index contributed by atoms with van der Waals surface area (Å²) in [7, 11) is 3.53. The highest BCUT2D eigenvalue weighted by Crippen LogP contribution is 2.30. The topological polar surface area (TPSA) is 0 Å². The lowest BCUT2D eigenvalue weighted by molar-refractivity contribution is 1.43. The van der Waals surface area contributed by atoms with Gasteiger partial charge in [0.2, 0.25) is 0 Å². The first-order chi connectivity index (χ1) is 10.3. The van der Waals surface area contributed by atoms with Crippen LogP contribution in [0.5, 0.6) is 0 Å². The van der Waals surface area contributed by atoms with E-state index in [1.165, 1.54) is 10.5 Å².